The molecule has 0 aliphatic heterocycles. The number of nitrogens with one attached hydrogen (secondary N) is 1. The largest absolute Gasteiger partial charge is 0.482 e. The fourth-order valence-electron chi connectivity index (χ4n) is 1.55. The first kappa shape index (κ1) is 17.4. The van der Waals surface area contributed by atoms with Crippen molar-refractivity contribution in [3.63, 3.8) is 0 Å². The van der Waals surface area contributed by atoms with Crippen molar-refractivity contribution in [1.82, 2.24) is 5.32 Å². The third-order valence-corrected chi connectivity index (χ3v) is 2.70. The number of carbonyl (C=O) groups is 3. The number of hydrogen-bond acceptors (Lipinski definition) is 5. The molecule has 0 saturated heterocycles. The van der Waals surface area contributed by atoms with Crippen LogP contribution < -0.4 is 10.1 Å². The smallest absolute Gasteiger partial charge is 0.344 e. The molecule has 0 saturated carbocycles. The Balaban J connectivity index is 2.46. The van der Waals surface area contributed by atoms with Crippen molar-refractivity contribution < 1.29 is 23.9 Å². The predicted molar refractivity (Wildman–Crippen MR) is 80.7 cm³/mol. The fraction of sp³-hybridized carbons (Fsp3) is 0.312. The lowest BCUT2D eigenvalue weighted by Crippen LogP contribution is -2.36. The number of rotatable bonds is 8. The number of amides is 1. The number of ether oxygens (including phenoxy) is 2. The Labute approximate surface area is 129 Å². The molecular formula is C16H19NO5. The summed E-state index contributed by atoms with van der Waals surface area (Å²) in [6.07, 6.45) is 0.608. The Kier molecular flexibility index (Phi) is 6.82. The monoisotopic (exact) mass is 305 g/mol. The van der Waals surface area contributed by atoms with E-state index in [0.29, 0.717) is 17.9 Å². The molecular weight excluding hydrogens is 286 g/mol. The number of hydrogen-bond donors (Lipinski definition) is 1. The van der Waals surface area contributed by atoms with E-state index in [0.717, 1.165) is 0 Å². The number of ketones is 1. The molecule has 6 heteroatoms. The first-order valence-electron chi connectivity index (χ1n) is 6.76. The van der Waals surface area contributed by atoms with E-state index in [-0.39, 0.29) is 12.4 Å². The molecule has 1 aromatic carbocycles. The molecule has 0 aliphatic carbocycles. The van der Waals surface area contributed by atoms with Crippen LogP contribution in [0.4, 0.5) is 0 Å². The average Bonchev–Trinajstić information content (AvgIpc) is 2.50. The van der Waals surface area contributed by atoms with Crippen LogP contribution in [0.5, 0.6) is 5.75 Å². The molecule has 0 bridgehead atoms. The topological polar surface area (TPSA) is 81.7 Å². The highest BCUT2D eigenvalue weighted by molar-refractivity contribution is 5.94. The second-order valence-corrected chi connectivity index (χ2v) is 4.54. The normalized spacial score (nSPS) is 11.2. The van der Waals surface area contributed by atoms with Crippen LogP contribution in [0.2, 0.25) is 0 Å². The maximum Gasteiger partial charge on any atom is 0.344 e. The fourth-order valence-corrected chi connectivity index (χ4v) is 1.55. The third-order valence-electron chi connectivity index (χ3n) is 2.70. The van der Waals surface area contributed by atoms with E-state index in [1.54, 1.807) is 18.2 Å². The van der Waals surface area contributed by atoms with Crippen molar-refractivity contribution in [2.75, 3.05) is 13.2 Å². The summed E-state index contributed by atoms with van der Waals surface area (Å²) in [4.78, 5) is 34.4. The summed E-state index contributed by atoms with van der Waals surface area (Å²) < 4.78 is 10.2. The maximum atomic E-state index is 11.6. The molecule has 6 nitrogen and oxygen atoms in total. The summed E-state index contributed by atoms with van der Waals surface area (Å²) in [7, 11) is 0. The highest BCUT2D eigenvalue weighted by Crippen LogP contribution is 2.13. The van der Waals surface area contributed by atoms with Crippen molar-refractivity contribution in [3.8, 4) is 5.75 Å². The number of benzene rings is 1. The number of Topliss-reactive ketones (excluding diaryl/α,β-unsaturated/α-hetero) is 1. The molecule has 22 heavy (non-hydrogen) atoms. The Morgan fingerprint density at radius 3 is 2.73 bits per heavy atom. The van der Waals surface area contributed by atoms with Gasteiger partial charge >= 0.3 is 5.97 Å². The number of esters is 1. The van der Waals surface area contributed by atoms with Crippen molar-refractivity contribution in [1.29, 1.82) is 0 Å². The minimum atomic E-state index is -0.917. The van der Waals surface area contributed by atoms with E-state index in [2.05, 4.69) is 11.9 Å². The minimum absolute atomic E-state index is 0.0967. The van der Waals surface area contributed by atoms with Crippen LogP contribution in [-0.2, 0) is 14.3 Å². The van der Waals surface area contributed by atoms with Gasteiger partial charge in [0, 0.05) is 12.1 Å². The van der Waals surface area contributed by atoms with Gasteiger partial charge in [0.2, 0.25) is 0 Å². The standard InChI is InChI=1S/C16H19NO5/c1-4-8-17-16(20)12(3)22-15(19)10-21-14-7-5-6-13(9-14)11(2)18/h4-7,9,12H,1,8,10H2,2-3H3,(H,17,20)/t12-/m1/s1. The summed E-state index contributed by atoms with van der Waals surface area (Å²) >= 11 is 0. The highest BCUT2D eigenvalue weighted by atomic mass is 16.6. The molecule has 0 unspecified atom stereocenters. The van der Waals surface area contributed by atoms with E-state index >= 15 is 0 Å². The van der Waals surface area contributed by atoms with Gasteiger partial charge in [0.15, 0.2) is 18.5 Å². The van der Waals surface area contributed by atoms with E-state index in [1.165, 1.54) is 26.0 Å². The van der Waals surface area contributed by atoms with Crippen LogP contribution >= 0.6 is 0 Å². The Hall–Kier alpha value is -2.63. The Bertz CT molecular complexity index is 567. The maximum absolute atomic E-state index is 11.6. The molecule has 0 radical (unpaired) electrons. The molecule has 0 fully saturated rings. The van der Waals surface area contributed by atoms with E-state index < -0.39 is 18.0 Å². The summed E-state index contributed by atoms with van der Waals surface area (Å²) in [5.41, 5.74) is 0.489. The van der Waals surface area contributed by atoms with E-state index in [4.69, 9.17) is 9.47 Å². The molecule has 1 atom stereocenters. The van der Waals surface area contributed by atoms with Gasteiger partial charge in [-0.3, -0.25) is 9.59 Å². The molecule has 1 amide bonds. The van der Waals surface area contributed by atoms with Crippen LogP contribution in [0, 0.1) is 0 Å². The molecule has 0 heterocycles. The third kappa shape index (κ3) is 5.78. The van der Waals surface area contributed by atoms with Gasteiger partial charge in [-0.25, -0.2) is 4.79 Å². The predicted octanol–water partition coefficient (Wildman–Crippen LogP) is 1.50. The number of carbonyl (C=O) groups excluding carboxylic acids is 3. The van der Waals surface area contributed by atoms with Gasteiger partial charge in [0.05, 0.1) is 0 Å². The van der Waals surface area contributed by atoms with Gasteiger partial charge in [0.1, 0.15) is 5.75 Å². The lowest BCUT2D eigenvalue weighted by Gasteiger charge is -2.13. The summed E-state index contributed by atoms with van der Waals surface area (Å²) in [5.74, 6) is -0.796. The molecule has 0 aliphatic rings. The van der Waals surface area contributed by atoms with Crippen molar-refractivity contribution >= 4 is 17.7 Å². The highest BCUT2D eigenvalue weighted by Gasteiger charge is 2.17. The second kappa shape index (κ2) is 8.61. The molecule has 0 spiro atoms. The van der Waals surface area contributed by atoms with Gasteiger partial charge in [-0.1, -0.05) is 18.2 Å². The van der Waals surface area contributed by atoms with Gasteiger partial charge in [-0.15, -0.1) is 6.58 Å². The summed E-state index contributed by atoms with van der Waals surface area (Å²) in [6.45, 7) is 6.33. The zero-order valence-corrected chi connectivity index (χ0v) is 12.6. The molecule has 1 rings (SSSR count). The second-order valence-electron chi connectivity index (χ2n) is 4.54. The first-order chi connectivity index (χ1) is 10.4. The molecule has 1 aromatic rings. The lowest BCUT2D eigenvalue weighted by molar-refractivity contribution is -0.156. The van der Waals surface area contributed by atoms with Gasteiger partial charge in [-0.2, -0.15) is 0 Å². The molecule has 1 N–H and O–H groups in total. The van der Waals surface area contributed by atoms with Crippen LogP contribution in [-0.4, -0.2) is 36.9 Å². The summed E-state index contributed by atoms with van der Waals surface area (Å²) in [6, 6.07) is 6.47. The van der Waals surface area contributed by atoms with Gasteiger partial charge in [-0.05, 0) is 26.0 Å². The summed E-state index contributed by atoms with van der Waals surface area (Å²) in [5, 5.41) is 2.52. The molecule has 118 valence electrons. The molecule has 0 aromatic heterocycles. The van der Waals surface area contributed by atoms with Crippen molar-refractivity contribution in [3.05, 3.63) is 42.5 Å². The average molecular weight is 305 g/mol. The minimum Gasteiger partial charge on any atom is -0.482 e. The first-order valence-corrected chi connectivity index (χ1v) is 6.76. The van der Waals surface area contributed by atoms with Crippen molar-refractivity contribution in [2.24, 2.45) is 0 Å². The van der Waals surface area contributed by atoms with Crippen molar-refractivity contribution in [2.45, 2.75) is 20.0 Å². The van der Waals surface area contributed by atoms with E-state index in [9.17, 15) is 14.4 Å². The Morgan fingerprint density at radius 2 is 2.09 bits per heavy atom. The van der Waals surface area contributed by atoms with Gasteiger partial charge in [0.25, 0.3) is 5.91 Å². The quantitative estimate of drug-likeness (QED) is 0.447. The van der Waals surface area contributed by atoms with Crippen LogP contribution in [0.25, 0.3) is 0 Å². The lowest BCUT2D eigenvalue weighted by atomic mass is 10.1. The van der Waals surface area contributed by atoms with Gasteiger partial charge < -0.3 is 14.8 Å². The van der Waals surface area contributed by atoms with E-state index in [1.807, 2.05) is 0 Å². The van der Waals surface area contributed by atoms with Crippen LogP contribution in [0.15, 0.2) is 36.9 Å². The van der Waals surface area contributed by atoms with Crippen LogP contribution in [0.1, 0.15) is 24.2 Å². The SMILES string of the molecule is C=CCNC(=O)[C@@H](C)OC(=O)COc1cccc(C(C)=O)c1. The zero-order chi connectivity index (χ0) is 16.5. The zero-order valence-electron chi connectivity index (χ0n) is 12.6. The Morgan fingerprint density at radius 1 is 1.36 bits per heavy atom. The van der Waals surface area contributed by atoms with Crippen LogP contribution in [0.3, 0.4) is 0 Å².